The molecule has 2 unspecified atom stereocenters. The molecule has 0 saturated carbocycles. The molecule has 3 heteroatoms. The maximum Gasteiger partial charge on any atom is 0.160 e. The Bertz CT molecular complexity index is 246. The van der Waals surface area contributed by atoms with Crippen molar-refractivity contribution < 1.29 is 8.76 Å². The molecule has 0 saturated heterocycles. The molecule has 1 rings (SSSR count). The predicted molar refractivity (Wildman–Crippen MR) is 45.6 cm³/mol. The Morgan fingerprint density at radius 1 is 1.36 bits per heavy atom. The van der Waals surface area contributed by atoms with Crippen molar-refractivity contribution in [3.8, 4) is 0 Å². The fraction of sp³-hybridized carbons (Fsp3) is 0.250. The van der Waals surface area contributed by atoms with E-state index in [0.29, 0.717) is 0 Å². The zero-order valence-electron chi connectivity index (χ0n) is 6.23. The molecule has 0 radical (unpaired) electrons. The molecule has 0 fully saturated rings. The molecular weight excluding hydrogens is 160 g/mol. The smallest absolute Gasteiger partial charge is 0.160 e. The number of hydrogen-bond donors (Lipinski definition) is 1. The van der Waals surface area contributed by atoms with Gasteiger partial charge in [0, 0.05) is 0 Å². The summed E-state index contributed by atoms with van der Waals surface area (Å²) >= 11 is -1.76. The van der Waals surface area contributed by atoms with Crippen molar-refractivity contribution >= 4 is 11.1 Å². The van der Waals surface area contributed by atoms with Crippen LogP contribution in [0.3, 0.4) is 0 Å². The SMILES string of the molecule is CC(c1ccccc1)S(=O)O. The minimum Gasteiger partial charge on any atom is -0.306 e. The summed E-state index contributed by atoms with van der Waals surface area (Å²) in [6.45, 7) is 1.73. The van der Waals surface area contributed by atoms with E-state index < -0.39 is 11.1 Å². The van der Waals surface area contributed by atoms with Gasteiger partial charge in [0.25, 0.3) is 0 Å². The van der Waals surface area contributed by atoms with Crippen molar-refractivity contribution in [3.05, 3.63) is 35.9 Å². The van der Waals surface area contributed by atoms with E-state index in [4.69, 9.17) is 4.55 Å². The van der Waals surface area contributed by atoms with Crippen LogP contribution in [0.4, 0.5) is 0 Å². The molecule has 11 heavy (non-hydrogen) atoms. The third kappa shape index (κ3) is 2.13. The number of hydrogen-bond acceptors (Lipinski definition) is 1. The molecule has 0 aliphatic heterocycles. The van der Waals surface area contributed by atoms with Gasteiger partial charge in [-0.1, -0.05) is 30.3 Å². The summed E-state index contributed by atoms with van der Waals surface area (Å²) in [6.07, 6.45) is 0. The first-order valence-electron chi connectivity index (χ1n) is 3.36. The van der Waals surface area contributed by atoms with Crippen LogP contribution in [0.5, 0.6) is 0 Å². The second-order valence-corrected chi connectivity index (χ2v) is 3.59. The molecule has 1 aromatic carbocycles. The standard InChI is InChI=1S/C8H10O2S/c1-7(11(9)10)8-5-3-2-4-6-8/h2-7H,1H3,(H,9,10). The lowest BCUT2D eigenvalue weighted by Crippen LogP contribution is -1.99. The Morgan fingerprint density at radius 3 is 2.36 bits per heavy atom. The molecule has 2 nitrogen and oxygen atoms in total. The van der Waals surface area contributed by atoms with Gasteiger partial charge in [0.2, 0.25) is 0 Å². The van der Waals surface area contributed by atoms with Gasteiger partial charge >= 0.3 is 0 Å². The average molecular weight is 170 g/mol. The topological polar surface area (TPSA) is 37.3 Å². The Hall–Kier alpha value is -0.670. The molecule has 0 aromatic heterocycles. The van der Waals surface area contributed by atoms with Crippen molar-refractivity contribution in [2.75, 3.05) is 0 Å². The maximum atomic E-state index is 10.6. The Labute approximate surface area is 68.5 Å². The lowest BCUT2D eigenvalue weighted by Gasteiger charge is -2.05. The molecular formula is C8H10O2S. The fourth-order valence-corrected chi connectivity index (χ4v) is 1.23. The van der Waals surface area contributed by atoms with Gasteiger partial charge in [-0.05, 0) is 12.5 Å². The fourth-order valence-electron chi connectivity index (χ4n) is 0.840. The van der Waals surface area contributed by atoms with Gasteiger partial charge in [-0.25, -0.2) is 4.21 Å². The predicted octanol–water partition coefficient (Wildman–Crippen LogP) is 1.97. The highest BCUT2D eigenvalue weighted by molar-refractivity contribution is 7.79. The third-order valence-corrected chi connectivity index (χ3v) is 2.45. The van der Waals surface area contributed by atoms with Gasteiger partial charge < -0.3 is 4.55 Å². The van der Waals surface area contributed by atoms with Crippen LogP contribution in [0, 0.1) is 0 Å². The highest BCUT2D eigenvalue weighted by atomic mass is 32.2. The second kappa shape index (κ2) is 3.64. The highest BCUT2D eigenvalue weighted by Crippen LogP contribution is 2.16. The summed E-state index contributed by atoms with van der Waals surface area (Å²) < 4.78 is 19.4. The van der Waals surface area contributed by atoms with E-state index in [2.05, 4.69) is 0 Å². The van der Waals surface area contributed by atoms with E-state index in [0.717, 1.165) is 5.56 Å². The monoisotopic (exact) mass is 170 g/mol. The highest BCUT2D eigenvalue weighted by Gasteiger charge is 2.09. The Morgan fingerprint density at radius 2 is 1.91 bits per heavy atom. The van der Waals surface area contributed by atoms with E-state index in [1.165, 1.54) is 0 Å². The summed E-state index contributed by atoms with van der Waals surface area (Å²) in [6, 6.07) is 9.30. The number of rotatable bonds is 2. The molecule has 0 aliphatic carbocycles. The average Bonchev–Trinajstić information content (AvgIpc) is 2.05. The van der Waals surface area contributed by atoms with Crippen LogP contribution < -0.4 is 0 Å². The van der Waals surface area contributed by atoms with Crippen LogP contribution in [0.1, 0.15) is 17.7 Å². The van der Waals surface area contributed by atoms with E-state index in [9.17, 15) is 4.21 Å². The first-order chi connectivity index (χ1) is 5.22. The van der Waals surface area contributed by atoms with Gasteiger partial charge in [-0.2, -0.15) is 0 Å². The minimum atomic E-state index is -1.76. The third-order valence-electron chi connectivity index (χ3n) is 1.57. The summed E-state index contributed by atoms with van der Waals surface area (Å²) in [5, 5.41) is -0.295. The second-order valence-electron chi connectivity index (χ2n) is 2.33. The minimum absolute atomic E-state index is 0.295. The van der Waals surface area contributed by atoms with Gasteiger partial charge in [-0.15, -0.1) is 0 Å². The molecule has 0 heterocycles. The normalized spacial score (nSPS) is 15.8. The molecule has 0 spiro atoms. The largest absolute Gasteiger partial charge is 0.306 e. The van der Waals surface area contributed by atoms with E-state index >= 15 is 0 Å². The Balaban J connectivity index is 2.85. The van der Waals surface area contributed by atoms with E-state index in [1.54, 1.807) is 6.92 Å². The number of benzene rings is 1. The molecule has 0 aliphatic rings. The lowest BCUT2D eigenvalue weighted by molar-refractivity contribution is 0.554. The first kappa shape index (κ1) is 8.43. The summed E-state index contributed by atoms with van der Waals surface area (Å²) in [5.74, 6) is 0. The quantitative estimate of drug-likeness (QED) is 0.689. The molecule has 1 N–H and O–H groups in total. The van der Waals surface area contributed by atoms with Gasteiger partial charge in [0.1, 0.15) is 0 Å². The van der Waals surface area contributed by atoms with Crippen LogP contribution in [0.25, 0.3) is 0 Å². The Kier molecular flexibility index (Phi) is 2.79. The molecule has 0 bridgehead atoms. The summed E-state index contributed by atoms with van der Waals surface area (Å²) in [4.78, 5) is 0. The van der Waals surface area contributed by atoms with Crippen LogP contribution in [0.2, 0.25) is 0 Å². The van der Waals surface area contributed by atoms with E-state index in [-0.39, 0.29) is 5.25 Å². The van der Waals surface area contributed by atoms with Crippen LogP contribution in [-0.2, 0) is 11.1 Å². The van der Waals surface area contributed by atoms with Crippen molar-refractivity contribution in [1.82, 2.24) is 0 Å². The molecule has 2 atom stereocenters. The van der Waals surface area contributed by atoms with Crippen molar-refractivity contribution in [2.24, 2.45) is 0 Å². The van der Waals surface area contributed by atoms with E-state index in [1.807, 2.05) is 30.3 Å². The van der Waals surface area contributed by atoms with Crippen molar-refractivity contribution in [1.29, 1.82) is 0 Å². The molecule has 1 aromatic rings. The van der Waals surface area contributed by atoms with Crippen LogP contribution in [-0.4, -0.2) is 8.76 Å². The van der Waals surface area contributed by atoms with Crippen molar-refractivity contribution in [3.63, 3.8) is 0 Å². The molecule has 60 valence electrons. The molecule has 0 amide bonds. The lowest BCUT2D eigenvalue weighted by atomic mass is 10.2. The van der Waals surface area contributed by atoms with Crippen LogP contribution >= 0.6 is 0 Å². The maximum absolute atomic E-state index is 10.6. The summed E-state index contributed by atoms with van der Waals surface area (Å²) in [7, 11) is 0. The van der Waals surface area contributed by atoms with Crippen molar-refractivity contribution in [2.45, 2.75) is 12.2 Å². The van der Waals surface area contributed by atoms with Gasteiger partial charge in [0.15, 0.2) is 11.1 Å². The first-order valence-corrected chi connectivity index (χ1v) is 4.53. The summed E-state index contributed by atoms with van der Waals surface area (Å²) in [5.41, 5.74) is 0.897. The van der Waals surface area contributed by atoms with Gasteiger partial charge in [-0.3, -0.25) is 0 Å². The zero-order chi connectivity index (χ0) is 8.27. The van der Waals surface area contributed by atoms with Gasteiger partial charge in [0.05, 0.1) is 5.25 Å². The van der Waals surface area contributed by atoms with Crippen LogP contribution in [0.15, 0.2) is 30.3 Å². The zero-order valence-corrected chi connectivity index (χ0v) is 7.04.